The number of rotatable bonds is 8. The Bertz CT molecular complexity index is 1050. The first-order valence-electron chi connectivity index (χ1n) is 11.0. The Morgan fingerprint density at radius 3 is 2.65 bits per heavy atom. The molecule has 2 aromatic rings. The van der Waals surface area contributed by atoms with E-state index in [9.17, 15) is 14.4 Å². The molecule has 1 atom stereocenters. The van der Waals surface area contributed by atoms with Crippen LogP contribution in [-0.2, 0) is 16.1 Å². The molecular weight excluding hydrogens is 520 g/mol. The molecular formula is C24H27BrN4O4S. The van der Waals surface area contributed by atoms with Gasteiger partial charge in [-0.1, -0.05) is 43.7 Å². The maximum Gasteiger partial charge on any atom is 0.257 e. The number of thiocarbonyl (C=S) groups is 1. The molecule has 3 N–H and O–H groups in total. The van der Waals surface area contributed by atoms with E-state index in [-0.39, 0.29) is 23.3 Å². The summed E-state index contributed by atoms with van der Waals surface area (Å²) in [5.41, 5.74) is 6.40. The number of nitrogens with zero attached hydrogens (tertiary/aromatic N) is 1. The van der Waals surface area contributed by atoms with Crippen LogP contribution in [0, 0.1) is 5.92 Å². The van der Waals surface area contributed by atoms with Crippen molar-refractivity contribution in [3.63, 3.8) is 0 Å². The number of unbranched alkanes of at least 4 members (excludes halogenated alkanes) is 1. The first kappa shape index (κ1) is 25.6. The van der Waals surface area contributed by atoms with Crippen molar-refractivity contribution >= 4 is 51.0 Å². The minimum Gasteiger partial charge on any atom is -0.492 e. The fourth-order valence-electron chi connectivity index (χ4n) is 3.42. The predicted octanol–water partition coefficient (Wildman–Crippen LogP) is 3.31. The molecule has 0 bridgehead atoms. The van der Waals surface area contributed by atoms with Crippen LogP contribution in [0.25, 0.3) is 0 Å². The molecule has 0 saturated carbocycles. The summed E-state index contributed by atoms with van der Waals surface area (Å²) in [6.45, 7) is 3.47. The average molecular weight is 547 g/mol. The van der Waals surface area contributed by atoms with E-state index < -0.39 is 11.8 Å². The number of ether oxygens (including phenoxy) is 1. The van der Waals surface area contributed by atoms with Crippen LogP contribution in [0.1, 0.15) is 42.1 Å². The number of hydrogen-bond acceptors (Lipinski definition) is 5. The second-order valence-corrected chi connectivity index (χ2v) is 9.17. The Hall–Kier alpha value is -2.98. The second kappa shape index (κ2) is 12.5. The summed E-state index contributed by atoms with van der Waals surface area (Å²) < 4.78 is 6.32. The minimum absolute atomic E-state index is 0.0526. The normalized spacial score (nSPS) is 15.1. The van der Waals surface area contributed by atoms with Gasteiger partial charge in [0.2, 0.25) is 11.8 Å². The number of hydrogen-bond donors (Lipinski definition) is 3. The van der Waals surface area contributed by atoms with Crippen molar-refractivity contribution in [2.24, 2.45) is 5.92 Å². The molecule has 1 saturated heterocycles. The first-order chi connectivity index (χ1) is 16.4. The third-order valence-electron chi connectivity index (χ3n) is 5.28. The molecule has 0 spiro atoms. The van der Waals surface area contributed by atoms with Gasteiger partial charge in [-0.15, -0.1) is 0 Å². The van der Waals surface area contributed by atoms with Crippen LogP contribution in [0.5, 0.6) is 5.75 Å². The monoisotopic (exact) mass is 546 g/mol. The minimum atomic E-state index is -0.501. The standard InChI is InChI=1S/C24H27BrN4O4S/c1-2-3-11-33-20-10-9-17(12-19(20)25)22(31)26-24(34)28-27-23(32)18-13-21(30)29(15-18)14-16-7-5-4-6-8-16/h4-10,12,18H,2-3,11,13-15H2,1H3,(H,27,32)(H2,26,28,31,34). The van der Waals surface area contributed by atoms with Gasteiger partial charge in [0.25, 0.3) is 5.91 Å². The van der Waals surface area contributed by atoms with Gasteiger partial charge in [-0.3, -0.25) is 30.6 Å². The molecule has 3 rings (SSSR count). The van der Waals surface area contributed by atoms with Crippen LogP contribution < -0.4 is 20.9 Å². The zero-order valence-corrected chi connectivity index (χ0v) is 21.2. The molecule has 10 heteroatoms. The Kier molecular flexibility index (Phi) is 9.41. The number of benzene rings is 2. The highest BCUT2D eigenvalue weighted by atomic mass is 79.9. The van der Waals surface area contributed by atoms with Crippen LogP contribution in [0.2, 0.25) is 0 Å². The largest absolute Gasteiger partial charge is 0.492 e. The van der Waals surface area contributed by atoms with E-state index in [0.29, 0.717) is 35.5 Å². The first-order valence-corrected chi connectivity index (χ1v) is 12.2. The molecule has 3 amide bonds. The summed E-state index contributed by atoms with van der Waals surface area (Å²) in [5, 5.41) is 2.47. The van der Waals surface area contributed by atoms with Crippen molar-refractivity contribution in [3.8, 4) is 5.75 Å². The quantitative estimate of drug-likeness (QED) is 0.267. The summed E-state index contributed by atoms with van der Waals surface area (Å²) >= 11 is 8.52. The van der Waals surface area contributed by atoms with Gasteiger partial charge in [-0.25, -0.2) is 0 Å². The number of nitrogens with one attached hydrogen (secondary N) is 3. The molecule has 2 aromatic carbocycles. The zero-order chi connectivity index (χ0) is 24.5. The number of halogens is 1. The van der Waals surface area contributed by atoms with Crippen LogP contribution in [0.15, 0.2) is 53.0 Å². The third-order valence-corrected chi connectivity index (χ3v) is 6.10. The molecule has 1 unspecified atom stereocenters. The number of likely N-dealkylation sites (tertiary alicyclic amines) is 1. The predicted molar refractivity (Wildman–Crippen MR) is 136 cm³/mol. The third kappa shape index (κ3) is 7.26. The van der Waals surface area contributed by atoms with Gasteiger partial charge in [-0.2, -0.15) is 0 Å². The van der Waals surface area contributed by atoms with Gasteiger partial charge in [0.1, 0.15) is 5.75 Å². The van der Waals surface area contributed by atoms with Gasteiger partial charge >= 0.3 is 0 Å². The molecule has 0 aromatic heterocycles. The molecule has 1 heterocycles. The van der Waals surface area contributed by atoms with Gasteiger partial charge < -0.3 is 9.64 Å². The van der Waals surface area contributed by atoms with E-state index in [1.807, 2.05) is 30.3 Å². The van der Waals surface area contributed by atoms with Gasteiger partial charge in [0, 0.05) is 25.1 Å². The molecule has 1 aliphatic heterocycles. The van der Waals surface area contributed by atoms with Crippen molar-refractivity contribution in [3.05, 3.63) is 64.1 Å². The summed E-state index contributed by atoms with van der Waals surface area (Å²) in [5.74, 6) is -0.717. The summed E-state index contributed by atoms with van der Waals surface area (Å²) in [6, 6.07) is 14.6. The highest BCUT2D eigenvalue weighted by Gasteiger charge is 2.34. The lowest BCUT2D eigenvalue weighted by molar-refractivity contribution is -0.129. The van der Waals surface area contributed by atoms with E-state index in [4.69, 9.17) is 17.0 Å². The van der Waals surface area contributed by atoms with Gasteiger partial charge in [0.15, 0.2) is 5.11 Å². The van der Waals surface area contributed by atoms with E-state index in [2.05, 4.69) is 39.0 Å². The Morgan fingerprint density at radius 1 is 1.18 bits per heavy atom. The fraction of sp³-hybridized carbons (Fsp3) is 0.333. The van der Waals surface area contributed by atoms with Crippen molar-refractivity contribution in [1.29, 1.82) is 0 Å². The summed E-state index contributed by atoms with van der Waals surface area (Å²) in [4.78, 5) is 38.9. The van der Waals surface area contributed by atoms with E-state index >= 15 is 0 Å². The average Bonchev–Trinajstić information content (AvgIpc) is 3.19. The van der Waals surface area contributed by atoms with Crippen molar-refractivity contribution in [1.82, 2.24) is 21.1 Å². The zero-order valence-electron chi connectivity index (χ0n) is 18.8. The molecule has 8 nitrogen and oxygen atoms in total. The maximum absolute atomic E-state index is 12.5. The Balaban J connectivity index is 1.44. The Morgan fingerprint density at radius 2 is 1.94 bits per heavy atom. The molecule has 180 valence electrons. The molecule has 1 aliphatic rings. The van der Waals surface area contributed by atoms with E-state index in [1.54, 1.807) is 23.1 Å². The smallest absolute Gasteiger partial charge is 0.257 e. The summed E-state index contributed by atoms with van der Waals surface area (Å²) in [7, 11) is 0. The van der Waals surface area contributed by atoms with E-state index in [1.165, 1.54) is 0 Å². The second-order valence-electron chi connectivity index (χ2n) is 7.91. The molecule has 0 aliphatic carbocycles. The van der Waals surface area contributed by atoms with Crippen LogP contribution in [0.4, 0.5) is 0 Å². The molecule has 1 fully saturated rings. The van der Waals surface area contributed by atoms with Crippen molar-refractivity contribution in [2.75, 3.05) is 13.2 Å². The number of hydrazine groups is 1. The fourth-order valence-corrected chi connectivity index (χ4v) is 4.05. The van der Waals surface area contributed by atoms with Crippen molar-refractivity contribution < 1.29 is 19.1 Å². The Labute approximate surface area is 212 Å². The lowest BCUT2D eigenvalue weighted by atomic mass is 10.1. The lowest BCUT2D eigenvalue weighted by Gasteiger charge is -2.17. The van der Waals surface area contributed by atoms with E-state index in [0.717, 1.165) is 18.4 Å². The highest BCUT2D eigenvalue weighted by molar-refractivity contribution is 9.10. The lowest BCUT2D eigenvalue weighted by Crippen LogP contribution is -2.50. The maximum atomic E-state index is 12.5. The number of carbonyl (C=O) groups excluding carboxylic acids is 3. The SMILES string of the molecule is CCCCOc1ccc(C(=O)NC(=S)NNC(=O)C2CC(=O)N(Cc3ccccc3)C2)cc1Br. The molecule has 0 radical (unpaired) electrons. The highest BCUT2D eigenvalue weighted by Crippen LogP contribution is 2.26. The van der Waals surface area contributed by atoms with Crippen LogP contribution in [0.3, 0.4) is 0 Å². The van der Waals surface area contributed by atoms with Crippen LogP contribution >= 0.6 is 28.1 Å². The summed E-state index contributed by atoms with van der Waals surface area (Å²) in [6.07, 6.45) is 2.10. The number of amides is 3. The molecule has 34 heavy (non-hydrogen) atoms. The topological polar surface area (TPSA) is 99.8 Å². The van der Waals surface area contributed by atoms with Crippen molar-refractivity contribution in [2.45, 2.75) is 32.7 Å². The van der Waals surface area contributed by atoms with Crippen LogP contribution in [-0.4, -0.2) is 40.9 Å². The number of carbonyl (C=O) groups is 3. The van der Waals surface area contributed by atoms with Gasteiger partial charge in [0.05, 0.1) is 17.0 Å². The van der Waals surface area contributed by atoms with Gasteiger partial charge in [-0.05, 0) is 58.3 Å².